The van der Waals surface area contributed by atoms with Crippen molar-refractivity contribution in [3.05, 3.63) is 84.2 Å². The second-order valence-corrected chi connectivity index (χ2v) is 8.03. The fourth-order valence-electron chi connectivity index (χ4n) is 4.13. The summed E-state index contributed by atoms with van der Waals surface area (Å²) in [6, 6.07) is 21.7. The number of anilines is 1. The van der Waals surface area contributed by atoms with Crippen LogP contribution in [-0.4, -0.2) is 34.3 Å². The molecule has 1 fully saturated rings. The van der Waals surface area contributed by atoms with Crippen LogP contribution in [0.15, 0.2) is 72.8 Å². The average molecular weight is 429 g/mol. The van der Waals surface area contributed by atoms with Crippen LogP contribution in [0.5, 0.6) is 5.75 Å². The van der Waals surface area contributed by atoms with E-state index in [-0.39, 0.29) is 17.7 Å². The number of piperidine rings is 1. The van der Waals surface area contributed by atoms with E-state index in [1.807, 2.05) is 24.3 Å². The SMILES string of the molecule is Oc1ccccc1-c1nc(N2CCC(OCc3ccccc3)CC2)c2cc(F)ccc2n1. The molecule has 6 heteroatoms. The van der Waals surface area contributed by atoms with Crippen LogP contribution in [0.25, 0.3) is 22.3 Å². The van der Waals surface area contributed by atoms with Crippen molar-refractivity contribution < 1.29 is 14.2 Å². The van der Waals surface area contributed by atoms with Crippen molar-refractivity contribution in [1.82, 2.24) is 9.97 Å². The van der Waals surface area contributed by atoms with Gasteiger partial charge in [0.1, 0.15) is 17.4 Å². The van der Waals surface area contributed by atoms with E-state index in [1.54, 1.807) is 24.3 Å². The third-order valence-electron chi connectivity index (χ3n) is 5.85. The minimum Gasteiger partial charge on any atom is -0.507 e. The number of aromatic nitrogens is 2. The second kappa shape index (κ2) is 8.93. The molecule has 0 atom stereocenters. The van der Waals surface area contributed by atoms with Crippen molar-refractivity contribution in [3.63, 3.8) is 0 Å². The first kappa shape index (κ1) is 20.4. The molecule has 0 radical (unpaired) electrons. The van der Waals surface area contributed by atoms with Gasteiger partial charge in [0.25, 0.3) is 0 Å². The van der Waals surface area contributed by atoms with Gasteiger partial charge in [0.05, 0.1) is 23.8 Å². The van der Waals surface area contributed by atoms with Gasteiger partial charge in [0.15, 0.2) is 5.82 Å². The minimum atomic E-state index is -0.321. The molecule has 0 aliphatic carbocycles. The molecule has 5 nitrogen and oxygen atoms in total. The lowest BCUT2D eigenvalue weighted by Crippen LogP contribution is -2.37. The minimum absolute atomic E-state index is 0.118. The molecule has 4 aromatic rings. The number of fused-ring (bicyclic) bond motifs is 1. The molecule has 1 aliphatic heterocycles. The maximum absolute atomic E-state index is 14.1. The number of para-hydroxylation sites is 1. The van der Waals surface area contributed by atoms with Gasteiger partial charge in [-0.25, -0.2) is 14.4 Å². The maximum Gasteiger partial charge on any atom is 0.165 e. The maximum atomic E-state index is 14.1. The number of halogens is 1. The Bertz CT molecular complexity index is 1220. The van der Waals surface area contributed by atoms with Gasteiger partial charge in [-0.05, 0) is 48.7 Å². The summed E-state index contributed by atoms with van der Waals surface area (Å²) in [5, 5.41) is 11.0. The van der Waals surface area contributed by atoms with E-state index in [4.69, 9.17) is 9.72 Å². The third kappa shape index (κ3) is 4.27. The molecule has 5 rings (SSSR count). The number of ether oxygens (including phenoxy) is 1. The molecule has 1 N–H and O–H groups in total. The predicted octanol–water partition coefficient (Wildman–Crippen LogP) is 5.33. The van der Waals surface area contributed by atoms with E-state index in [9.17, 15) is 9.50 Å². The Morgan fingerprint density at radius 1 is 0.938 bits per heavy atom. The summed E-state index contributed by atoms with van der Waals surface area (Å²) in [4.78, 5) is 11.5. The summed E-state index contributed by atoms with van der Waals surface area (Å²) in [6.07, 6.45) is 1.90. The Hall–Kier alpha value is -3.51. The monoisotopic (exact) mass is 429 g/mol. The number of phenols is 1. The summed E-state index contributed by atoms with van der Waals surface area (Å²) in [5.41, 5.74) is 2.37. The van der Waals surface area contributed by atoms with Gasteiger partial charge in [-0.3, -0.25) is 0 Å². The Balaban J connectivity index is 1.40. The zero-order valence-electron chi connectivity index (χ0n) is 17.6. The van der Waals surface area contributed by atoms with Crippen LogP contribution in [0.1, 0.15) is 18.4 Å². The van der Waals surface area contributed by atoms with Crippen molar-refractivity contribution >= 4 is 16.7 Å². The van der Waals surface area contributed by atoms with E-state index in [0.29, 0.717) is 34.7 Å². The smallest absolute Gasteiger partial charge is 0.165 e. The summed E-state index contributed by atoms with van der Waals surface area (Å²) < 4.78 is 20.2. The highest BCUT2D eigenvalue weighted by molar-refractivity contribution is 5.91. The van der Waals surface area contributed by atoms with Crippen LogP contribution in [0.3, 0.4) is 0 Å². The second-order valence-electron chi connectivity index (χ2n) is 8.03. The Labute approximate surface area is 186 Å². The number of rotatable bonds is 5. The van der Waals surface area contributed by atoms with Crippen LogP contribution in [0.4, 0.5) is 10.2 Å². The summed E-state index contributed by atoms with van der Waals surface area (Å²) >= 11 is 0. The predicted molar refractivity (Wildman–Crippen MR) is 123 cm³/mol. The number of aromatic hydroxyl groups is 1. The highest BCUT2D eigenvalue weighted by atomic mass is 19.1. The van der Waals surface area contributed by atoms with Crippen LogP contribution in [0.2, 0.25) is 0 Å². The zero-order chi connectivity index (χ0) is 21.9. The van der Waals surface area contributed by atoms with Gasteiger partial charge in [-0.15, -0.1) is 0 Å². The lowest BCUT2D eigenvalue weighted by atomic mass is 10.1. The lowest BCUT2D eigenvalue weighted by Gasteiger charge is -2.33. The molecular formula is C26H24FN3O2. The molecule has 0 amide bonds. The molecule has 3 aromatic carbocycles. The van der Waals surface area contributed by atoms with Gasteiger partial charge in [0, 0.05) is 18.5 Å². The molecule has 2 heterocycles. The van der Waals surface area contributed by atoms with Crippen molar-refractivity contribution in [1.29, 1.82) is 0 Å². The third-order valence-corrected chi connectivity index (χ3v) is 5.85. The van der Waals surface area contributed by atoms with Gasteiger partial charge in [0.2, 0.25) is 0 Å². The number of phenolic OH excluding ortho intramolecular Hbond substituents is 1. The van der Waals surface area contributed by atoms with Crippen LogP contribution in [-0.2, 0) is 11.3 Å². The van der Waals surface area contributed by atoms with E-state index in [1.165, 1.54) is 17.7 Å². The first-order valence-electron chi connectivity index (χ1n) is 10.8. The molecule has 1 saturated heterocycles. The van der Waals surface area contributed by atoms with Gasteiger partial charge >= 0.3 is 0 Å². The quantitative estimate of drug-likeness (QED) is 0.465. The van der Waals surface area contributed by atoms with Crippen molar-refractivity contribution in [2.45, 2.75) is 25.6 Å². The fraction of sp³-hybridized carbons (Fsp3) is 0.231. The first-order valence-corrected chi connectivity index (χ1v) is 10.8. The molecular weight excluding hydrogens is 405 g/mol. The fourth-order valence-corrected chi connectivity index (χ4v) is 4.13. The summed E-state index contributed by atoms with van der Waals surface area (Å²) in [6.45, 7) is 2.11. The highest BCUT2D eigenvalue weighted by Crippen LogP contribution is 2.33. The highest BCUT2D eigenvalue weighted by Gasteiger charge is 2.24. The summed E-state index contributed by atoms with van der Waals surface area (Å²) in [5.74, 6) is 0.917. The van der Waals surface area contributed by atoms with E-state index >= 15 is 0 Å². The molecule has 0 spiro atoms. The molecule has 1 aromatic heterocycles. The summed E-state index contributed by atoms with van der Waals surface area (Å²) in [7, 11) is 0. The van der Waals surface area contributed by atoms with Gasteiger partial charge < -0.3 is 14.7 Å². The number of hydrogen-bond acceptors (Lipinski definition) is 5. The molecule has 0 bridgehead atoms. The molecule has 0 saturated carbocycles. The lowest BCUT2D eigenvalue weighted by molar-refractivity contribution is 0.0251. The first-order chi connectivity index (χ1) is 15.7. The topological polar surface area (TPSA) is 58.5 Å². The van der Waals surface area contributed by atoms with Gasteiger partial charge in [-0.2, -0.15) is 0 Å². The number of hydrogen-bond donors (Lipinski definition) is 1. The Morgan fingerprint density at radius 2 is 1.69 bits per heavy atom. The molecule has 162 valence electrons. The Morgan fingerprint density at radius 3 is 2.47 bits per heavy atom. The normalized spacial score (nSPS) is 14.7. The van der Waals surface area contributed by atoms with E-state index in [2.05, 4.69) is 22.0 Å². The zero-order valence-corrected chi connectivity index (χ0v) is 17.6. The van der Waals surface area contributed by atoms with Crippen molar-refractivity contribution in [2.75, 3.05) is 18.0 Å². The van der Waals surface area contributed by atoms with E-state index < -0.39 is 0 Å². The molecule has 1 aliphatic rings. The van der Waals surface area contributed by atoms with Crippen molar-refractivity contribution in [2.24, 2.45) is 0 Å². The van der Waals surface area contributed by atoms with Crippen LogP contribution < -0.4 is 4.90 Å². The van der Waals surface area contributed by atoms with Crippen LogP contribution in [0, 0.1) is 5.82 Å². The molecule has 32 heavy (non-hydrogen) atoms. The average Bonchev–Trinajstić information content (AvgIpc) is 2.83. The largest absolute Gasteiger partial charge is 0.507 e. The standard InChI is InChI=1S/C26H24FN3O2/c27-19-10-11-23-22(16-19)26(29-25(28-23)21-8-4-5-9-24(21)31)30-14-12-20(13-15-30)32-17-18-6-2-1-3-7-18/h1-11,16,20,31H,12-15,17H2. The van der Waals surface area contributed by atoms with E-state index in [0.717, 1.165) is 25.9 Å². The number of nitrogens with zero attached hydrogens (tertiary/aromatic N) is 3. The van der Waals surface area contributed by atoms with Crippen LogP contribution >= 0.6 is 0 Å². The number of benzene rings is 3. The van der Waals surface area contributed by atoms with Crippen molar-refractivity contribution in [3.8, 4) is 17.1 Å². The van der Waals surface area contributed by atoms with Gasteiger partial charge in [-0.1, -0.05) is 42.5 Å². The Kier molecular flexibility index (Phi) is 5.69. The molecule has 0 unspecified atom stereocenters.